The second kappa shape index (κ2) is 7.56. The van der Waals surface area contributed by atoms with Gasteiger partial charge in [0.1, 0.15) is 5.82 Å². The SMILES string of the molecule is Cc1ccc(Nc2ccnc(N3CCC(c4ccccc4)CC3)n2)cc1. The van der Waals surface area contributed by atoms with Crippen LogP contribution in [0.25, 0.3) is 0 Å². The quantitative estimate of drug-likeness (QED) is 0.730. The summed E-state index contributed by atoms with van der Waals surface area (Å²) in [7, 11) is 0. The summed E-state index contributed by atoms with van der Waals surface area (Å²) in [6.45, 7) is 4.08. The maximum atomic E-state index is 4.72. The highest BCUT2D eigenvalue weighted by atomic mass is 15.3. The van der Waals surface area contributed by atoms with Crippen LogP contribution in [-0.4, -0.2) is 23.1 Å². The number of anilines is 3. The molecule has 1 aliphatic rings. The van der Waals surface area contributed by atoms with Gasteiger partial charge in [-0.05, 0) is 49.4 Å². The van der Waals surface area contributed by atoms with E-state index in [9.17, 15) is 0 Å². The molecule has 1 aliphatic heterocycles. The van der Waals surface area contributed by atoms with E-state index < -0.39 is 0 Å². The number of aromatic nitrogens is 2. The van der Waals surface area contributed by atoms with Crippen LogP contribution in [0.2, 0.25) is 0 Å². The van der Waals surface area contributed by atoms with Crippen LogP contribution in [0.5, 0.6) is 0 Å². The molecule has 0 amide bonds. The third kappa shape index (κ3) is 3.85. The molecule has 2 heterocycles. The fourth-order valence-corrected chi connectivity index (χ4v) is 3.49. The smallest absolute Gasteiger partial charge is 0.227 e. The largest absolute Gasteiger partial charge is 0.341 e. The van der Waals surface area contributed by atoms with Gasteiger partial charge in [0.2, 0.25) is 5.95 Å². The van der Waals surface area contributed by atoms with Gasteiger partial charge in [-0.3, -0.25) is 0 Å². The number of benzene rings is 2. The van der Waals surface area contributed by atoms with E-state index in [1.54, 1.807) is 0 Å². The number of hydrogen-bond acceptors (Lipinski definition) is 4. The van der Waals surface area contributed by atoms with E-state index >= 15 is 0 Å². The normalized spacial score (nSPS) is 15.0. The molecule has 4 rings (SSSR count). The summed E-state index contributed by atoms with van der Waals surface area (Å²) >= 11 is 0. The minimum absolute atomic E-state index is 0.640. The van der Waals surface area contributed by atoms with E-state index in [0.717, 1.165) is 43.4 Å². The predicted molar refractivity (Wildman–Crippen MR) is 107 cm³/mol. The average Bonchev–Trinajstić information content (AvgIpc) is 2.71. The first-order valence-electron chi connectivity index (χ1n) is 9.24. The molecule has 0 atom stereocenters. The van der Waals surface area contributed by atoms with E-state index in [4.69, 9.17) is 4.98 Å². The number of rotatable bonds is 4. The monoisotopic (exact) mass is 344 g/mol. The van der Waals surface area contributed by atoms with Gasteiger partial charge in [-0.15, -0.1) is 0 Å². The zero-order valence-electron chi connectivity index (χ0n) is 15.1. The molecule has 4 heteroatoms. The minimum atomic E-state index is 0.640. The minimum Gasteiger partial charge on any atom is -0.341 e. The van der Waals surface area contributed by atoms with Crippen molar-refractivity contribution in [1.29, 1.82) is 0 Å². The van der Waals surface area contributed by atoms with Gasteiger partial charge in [-0.2, -0.15) is 4.98 Å². The standard InChI is InChI=1S/C22H24N4/c1-17-7-9-20(10-8-17)24-21-11-14-23-22(25-21)26-15-12-19(13-16-26)18-5-3-2-4-6-18/h2-11,14,19H,12-13,15-16H2,1H3,(H,23,24,25). The van der Waals surface area contributed by atoms with E-state index in [1.807, 2.05) is 12.3 Å². The number of aryl methyl sites for hydroxylation is 1. The fraction of sp³-hybridized carbons (Fsp3) is 0.273. The maximum absolute atomic E-state index is 4.72. The van der Waals surface area contributed by atoms with Gasteiger partial charge in [0.15, 0.2) is 0 Å². The van der Waals surface area contributed by atoms with Crippen LogP contribution in [0.3, 0.4) is 0 Å². The van der Waals surface area contributed by atoms with Crippen molar-refractivity contribution in [3.63, 3.8) is 0 Å². The van der Waals surface area contributed by atoms with Gasteiger partial charge < -0.3 is 10.2 Å². The van der Waals surface area contributed by atoms with Crippen LogP contribution in [-0.2, 0) is 0 Å². The summed E-state index contributed by atoms with van der Waals surface area (Å²) in [5, 5.41) is 3.37. The van der Waals surface area contributed by atoms with Crippen molar-refractivity contribution in [2.24, 2.45) is 0 Å². The van der Waals surface area contributed by atoms with Gasteiger partial charge in [0, 0.05) is 25.0 Å². The highest BCUT2D eigenvalue weighted by Gasteiger charge is 2.22. The van der Waals surface area contributed by atoms with Crippen molar-refractivity contribution in [3.05, 3.63) is 78.0 Å². The first-order chi connectivity index (χ1) is 12.8. The van der Waals surface area contributed by atoms with Crippen LogP contribution >= 0.6 is 0 Å². The number of hydrogen-bond donors (Lipinski definition) is 1. The lowest BCUT2D eigenvalue weighted by Gasteiger charge is -2.32. The van der Waals surface area contributed by atoms with Crippen molar-refractivity contribution in [1.82, 2.24) is 9.97 Å². The van der Waals surface area contributed by atoms with Crippen molar-refractivity contribution >= 4 is 17.5 Å². The first-order valence-corrected chi connectivity index (χ1v) is 9.24. The Balaban J connectivity index is 1.42. The molecule has 0 saturated carbocycles. The highest BCUT2D eigenvalue weighted by Crippen LogP contribution is 2.29. The number of piperidine rings is 1. The molecule has 1 fully saturated rings. The van der Waals surface area contributed by atoms with Crippen molar-refractivity contribution < 1.29 is 0 Å². The molecular weight excluding hydrogens is 320 g/mol. The molecule has 4 nitrogen and oxygen atoms in total. The highest BCUT2D eigenvalue weighted by molar-refractivity contribution is 5.57. The third-order valence-corrected chi connectivity index (χ3v) is 5.02. The second-order valence-corrected chi connectivity index (χ2v) is 6.90. The topological polar surface area (TPSA) is 41.1 Å². The van der Waals surface area contributed by atoms with Crippen molar-refractivity contribution in [2.45, 2.75) is 25.7 Å². The van der Waals surface area contributed by atoms with Gasteiger partial charge in [-0.25, -0.2) is 4.98 Å². The Bertz CT molecular complexity index is 838. The lowest BCUT2D eigenvalue weighted by atomic mass is 9.90. The molecule has 0 spiro atoms. The summed E-state index contributed by atoms with van der Waals surface area (Å²) in [5.74, 6) is 2.29. The summed E-state index contributed by atoms with van der Waals surface area (Å²) in [5.41, 5.74) is 3.74. The third-order valence-electron chi connectivity index (χ3n) is 5.02. The van der Waals surface area contributed by atoms with Gasteiger partial charge in [0.05, 0.1) is 0 Å². The second-order valence-electron chi connectivity index (χ2n) is 6.90. The summed E-state index contributed by atoms with van der Waals surface area (Å²) in [4.78, 5) is 11.5. The zero-order valence-corrected chi connectivity index (χ0v) is 15.1. The average molecular weight is 344 g/mol. The maximum Gasteiger partial charge on any atom is 0.227 e. The van der Waals surface area contributed by atoms with Crippen molar-refractivity contribution in [2.75, 3.05) is 23.3 Å². The van der Waals surface area contributed by atoms with Gasteiger partial charge in [0.25, 0.3) is 0 Å². The van der Waals surface area contributed by atoms with E-state index in [-0.39, 0.29) is 0 Å². The Labute approximate surface area is 154 Å². The van der Waals surface area contributed by atoms with Crippen LogP contribution < -0.4 is 10.2 Å². The Morgan fingerprint density at radius 2 is 1.65 bits per heavy atom. The molecular formula is C22H24N4. The summed E-state index contributed by atoms with van der Waals surface area (Å²) in [6, 6.07) is 21.1. The summed E-state index contributed by atoms with van der Waals surface area (Å²) < 4.78 is 0. The van der Waals surface area contributed by atoms with Gasteiger partial charge in [-0.1, -0.05) is 48.0 Å². The van der Waals surface area contributed by atoms with Crippen LogP contribution in [0.15, 0.2) is 66.9 Å². The van der Waals surface area contributed by atoms with E-state index in [1.165, 1.54) is 11.1 Å². The number of nitrogens with zero attached hydrogens (tertiary/aromatic N) is 3. The molecule has 26 heavy (non-hydrogen) atoms. The van der Waals surface area contributed by atoms with Crippen LogP contribution in [0.1, 0.15) is 29.9 Å². The molecule has 0 unspecified atom stereocenters. The van der Waals surface area contributed by atoms with Crippen LogP contribution in [0, 0.1) is 6.92 Å². The molecule has 3 aromatic rings. The first kappa shape index (κ1) is 16.6. The molecule has 2 aromatic carbocycles. The number of nitrogens with one attached hydrogen (secondary N) is 1. The Morgan fingerprint density at radius 3 is 2.38 bits per heavy atom. The summed E-state index contributed by atoms with van der Waals surface area (Å²) in [6.07, 6.45) is 4.12. The Hall–Kier alpha value is -2.88. The van der Waals surface area contributed by atoms with E-state index in [0.29, 0.717) is 5.92 Å². The Kier molecular flexibility index (Phi) is 4.82. The Morgan fingerprint density at radius 1 is 0.923 bits per heavy atom. The lowest BCUT2D eigenvalue weighted by Crippen LogP contribution is -2.34. The molecule has 132 valence electrons. The molecule has 1 N–H and O–H groups in total. The predicted octanol–water partition coefficient (Wildman–Crippen LogP) is 4.91. The van der Waals surface area contributed by atoms with Gasteiger partial charge >= 0.3 is 0 Å². The molecule has 0 radical (unpaired) electrons. The zero-order chi connectivity index (χ0) is 17.8. The molecule has 1 saturated heterocycles. The lowest BCUT2D eigenvalue weighted by molar-refractivity contribution is 0.499. The molecule has 0 bridgehead atoms. The molecule has 0 aliphatic carbocycles. The van der Waals surface area contributed by atoms with Crippen molar-refractivity contribution in [3.8, 4) is 0 Å². The van der Waals surface area contributed by atoms with E-state index in [2.05, 4.69) is 76.7 Å². The molecule has 1 aromatic heterocycles. The fourth-order valence-electron chi connectivity index (χ4n) is 3.49. The van der Waals surface area contributed by atoms with Crippen LogP contribution in [0.4, 0.5) is 17.5 Å².